The Morgan fingerprint density at radius 2 is 2.27 bits per heavy atom. The number of aliphatic hydroxyl groups excluding tert-OH is 1. The molecule has 4 nitrogen and oxygen atoms in total. The van der Waals surface area contributed by atoms with Gasteiger partial charge in [0.25, 0.3) is 0 Å². The van der Waals surface area contributed by atoms with Gasteiger partial charge in [0.2, 0.25) is 0 Å². The van der Waals surface area contributed by atoms with Gasteiger partial charge in [-0.3, -0.25) is 0 Å². The molecule has 2 atom stereocenters. The van der Waals surface area contributed by atoms with Crippen LogP contribution >= 0.6 is 0 Å². The Morgan fingerprint density at radius 1 is 1.55 bits per heavy atom. The molecule has 1 aliphatic rings. The standard InChI is InChI=1S/C7H12O4/c8-2-1-5-3-6(5)4-7(9)11-10/h5-6,8,10H,1-4H2/t5-,6+/m0/s1. The first-order chi connectivity index (χ1) is 5.27. The van der Waals surface area contributed by atoms with Crippen LogP contribution in [0.25, 0.3) is 0 Å². The van der Waals surface area contributed by atoms with E-state index < -0.39 is 5.97 Å². The second-order valence-corrected chi connectivity index (χ2v) is 2.94. The molecule has 1 rings (SSSR count). The maximum atomic E-state index is 10.5. The summed E-state index contributed by atoms with van der Waals surface area (Å²) in [5.74, 6) is 0.205. The summed E-state index contributed by atoms with van der Waals surface area (Å²) in [6.07, 6.45) is 2.00. The van der Waals surface area contributed by atoms with Crippen molar-refractivity contribution >= 4 is 5.97 Å². The van der Waals surface area contributed by atoms with Crippen LogP contribution in [0.3, 0.4) is 0 Å². The predicted octanol–water partition coefficient (Wildman–Crippen LogP) is 0.411. The number of rotatable bonds is 4. The van der Waals surface area contributed by atoms with Crippen LogP contribution in [-0.2, 0) is 9.68 Å². The van der Waals surface area contributed by atoms with Crippen molar-refractivity contribution in [2.24, 2.45) is 11.8 Å². The minimum absolute atomic E-state index is 0.176. The zero-order valence-corrected chi connectivity index (χ0v) is 6.19. The smallest absolute Gasteiger partial charge is 0.342 e. The lowest BCUT2D eigenvalue weighted by Gasteiger charge is -1.94. The highest BCUT2D eigenvalue weighted by Crippen LogP contribution is 2.43. The summed E-state index contributed by atoms with van der Waals surface area (Å²) in [5.41, 5.74) is 0. The average molecular weight is 160 g/mol. The summed E-state index contributed by atoms with van der Waals surface area (Å²) in [7, 11) is 0. The molecule has 2 N–H and O–H groups in total. The number of hydrogen-bond acceptors (Lipinski definition) is 4. The number of aliphatic hydroxyl groups is 1. The lowest BCUT2D eigenvalue weighted by Crippen LogP contribution is -2.02. The molecule has 64 valence electrons. The van der Waals surface area contributed by atoms with Gasteiger partial charge in [0.1, 0.15) is 0 Å². The maximum Gasteiger partial charge on any atom is 0.342 e. The van der Waals surface area contributed by atoms with Gasteiger partial charge in [0, 0.05) is 6.61 Å². The first-order valence-corrected chi connectivity index (χ1v) is 3.73. The molecule has 0 bridgehead atoms. The Morgan fingerprint density at radius 3 is 2.82 bits per heavy atom. The lowest BCUT2D eigenvalue weighted by atomic mass is 10.2. The van der Waals surface area contributed by atoms with Gasteiger partial charge in [0.15, 0.2) is 0 Å². The molecule has 1 fully saturated rings. The minimum Gasteiger partial charge on any atom is -0.396 e. The molecule has 0 radical (unpaired) electrons. The van der Waals surface area contributed by atoms with Crippen molar-refractivity contribution in [2.45, 2.75) is 19.3 Å². The molecule has 0 heterocycles. The summed E-state index contributed by atoms with van der Waals surface area (Å²) in [6, 6.07) is 0. The van der Waals surface area contributed by atoms with Crippen LogP contribution < -0.4 is 0 Å². The van der Waals surface area contributed by atoms with Crippen molar-refractivity contribution in [2.75, 3.05) is 6.61 Å². The predicted molar refractivity (Wildman–Crippen MR) is 36.6 cm³/mol. The highest BCUT2D eigenvalue weighted by molar-refractivity contribution is 5.69. The molecule has 11 heavy (non-hydrogen) atoms. The largest absolute Gasteiger partial charge is 0.396 e. The van der Waals surface area contributed by atoms with Crippen LogP contribution in [0.15, 0.2) is 0 Å². The Hall–Kier alpha value is -0.610. The van der Waals surface area contributed by atoms with Gasteiger partial charge in [-0.15, -0.1) is 0 Å². The van der Waals surface area contributed by atoms with E-state index in [1.165, 1.54) is 0 Å². The van der Waals surface area contributed by atoms with E-state index in [0.717, 1.165) is 12.8 Å². The molecule has 0 aromatic carbocycles. The van der Waals surface area contributed by atoms with E-state index in [4.69, 9.17) is 10.4 Å². The molecule has 0 aromatic heterocycles. The van der Waals surface area contributed by atoms with Crippen LogP contribution in [0.1, 0.15) is 19.3 Å². The van der Waals surface area contributed by atoms with Crippen molar-refractivity contribution in [3.05, 3.63) is 0 Å². The topological polar surface area (TPSA) is 66.8 Å². The van der Waals surface area contributed by atoms with E-state index in [2.05, 4.69) is 4.89 Å². The third kappa shape index (κ3) is 2.48. The van der Waals surface area contributed by atoms with E-state index in [0.29, 0.717) is 11.8 Å². The molecule has 4 heteroatoms. The van der Waals surface area contributed by atoms with E-state index in [1.807, 2.05) is 0 Å². The van der Waals surface area contributed by atoms with Gasteiger partial charge in [-0.1, -0.05) is 0 Å². The highest BCUT2D eigenvalue weighted by atomic mass is 17.1. The highest BCUT2D eigenvalue weighted by Gasteiger charge is 2.38. The fourth-order valence-corrected chi connectivity index (χ4v) is 1.33. The second kappa shape index (κ2) is 3.69. The van der Waals surface area contributed by atoms with Crippen LogP contribution in [0.2, 0.25) is 0 Å². The molecular formula is C7H12O4. The summed E-state index contributed by atoms with van der Waals surface area (Å²) in [6.45, 7) is 0.176. The Labute approximate surface area is 64.7 Å². The van der Waals surface area contributed by atoms with E-state index in [9.17, 15) is 4.79 Å². The Balaban J connectivity index is 2.08. The zero-order valence-electron chi connectivity index (χ0n) is 6.19. The van der Waals surface area contributed by atoms with Crippen molar-refractivity contribution in [3.8, 4) is 0 Å². The number of carbonyl (C=O) groups excluding carboxylic acids is 1. The molecule has 0 aromatic rings. The van der Waals surface area contributed by atoms with E-state index in [-0.39, 0.29) is 13.0 Å². The molecule has 0 unspecified atom stereocenters. The molecule has 0 aliphatic heterocycles. The van der Waals surface area contributed by atoms with E-state index >= 15 is 0 Å². The Kier molecular flexibility index (Phi) is 2.84. The molecular weight excluding hydrogens is 148 g/mol. The first-order valence-electron chi connectivity index (χ1n) is 3.73. The monoisotopic (exact) mass is 160 g/mol. The molecule has 0 amide bonds. The summed E-state index contributed by atoms with van der Waals surface area (Å²) in [4.78, 5) is 14.0. The van der Waals surface area contributed by atoms with Gasteiger partial charge in [-0.05, 0) is 24.7 Å². The lowest BCUT2D eigenvalue weighted by molar-refractivity contribution is -0.234. The maximum absolute atomic E-state index is 10.5. The van der Waals surface area contributed by atoms with Crippen molar-refractivity contribution in [1.82, 2.24) is 0 Å². The summed E-state index contributed by atoms with van der Waals surface area (Å²) in [5, 5.41) is 16.4. The molecule has 0 spiro atoms. The molecule has 0 saturated heterocycles. The van der Waals surface area contributed by atoms with Crippen molar-refractivity contribution in [1.29, 1.82) is 0 Å². The van der Waals surface area contributed by atoms with Crippen LogP contribution in [0.5, 0.6) is 0 Å². The van der Waals surface area contributed by atoms with Crippen LogP contribution in [-0.4, -0.2) is 22.9 Å². The third-order valence-corrected chi connectivity index (χ3v) is 2.10. The van der Waals surface area contributed by atoms with Crippen LogP contribution in [0.4, 0.5) is 0 Å². The van der Waals surface area contributed by atoms with Crippen LogP contribution in [0, 0.1) is 11.8 Å². The SMILES string of the molecule is O=C(C[C@H]1C[C@@H]1CCO)OO. The number of carbonyl (C=O) groups is 1. The van der Waals surface area contributed by atoms with Gasteiger partial charge in [-0.2, -0.15) is 5.26 Å². The second-order valence-electron chi connectivity index (χ2n) is 2.94. The van der Waals surface area contributed by atoms with E-state index in [1.54, 1.807) is 0 Å². The third-order valence-electron chi connectivity index (χ3n) is 2.10. The summed E-state index contributed by atoms with van der Waals surface area (Å²) < 4.78 is 0. The van der Waals surface area contributed by atoms with Gasteiger partial charge in [-0.25, -0.2) is 4.79 Å². The fourth-order valence-electron chi connectivity index (χ4n) is 1.33. The normalized spacial score (nSPS) is 28.2. The van der Waals surface area contributed by atoms with Crippen molar-refractivity contribution in [3.63, 3.8) is 0 Å². The van der Waals surface area contributed by atoms with Gasteiger partial charge < -0.3 is 9.99 Å². The van der Waals surface area contributed by atoms with Gasteiger partial charge in [0.05, 0.1) is 6.42 Å². The minimum atomic E-state index is -0.574. The Bertz CT molecular complexity index is 145. The molecule has 1 saturated carbocycles. The average Bonchev–Trinajstić information content (AvgIpc) is 2.69. The molecule has 1 aliphatic carbocycles. The fraction of sp³-hybridized carbons (Fsp3) is 0.857. The summed E-state index contributed by atoms with van der Waals surface area (Å²) >= 11 is 0. The van der Waals surface area contributed by atoms with Crippen molar-refractivity contribution < 1.29 is 20.0 Å². The first kappa shape index (κ1) is 8.49. The zero-order chi connectivity index (χ0) is 8.27. The quantitative estimate of drug-likeness (QED) is 0.461. The van der Waals surface area contributed by atoms with Gasteiger partial charge >= 0.3 is 5.97 Å². The number of hydrogen-bond donors (Lipinski definition) is 2.